The molecule has 0 spiro atoms. The molecule has 0 bridgehead atoms. The molecule has 3 nitrogen and oxygen atoms in total. The van der Waals surface area contributed by atoms with Crippen LogP contribution in [0.1, 0.15) is 42.3 Å². The minimum atomic E-state index is 0.192. The Hall–Kier alpha value is -1.03. The Labute approximate surface area is 129 Å². The molecule has 0 saturated heterocycles. The third-order valence-corrected chi connectivity index (χ3v) is 4.07. The first-order valence-corrected chi connectivity index (χ1v) is 7.38. The predicted molar refractivity (Wildman–Crippen MR) is 82.3 cm³/mol. The summed E-state index contributed by atoms with van der Waals surface area (Å²) < 4.78 is 5.57. The lowest BCUT2D eigenvalue weighted by Gasteiger charge is -2.17. The van der Waals surface area contributed by atoms with Crippen LogP contribution >= 0.6 is 23.2 Å². The van der Waals surface area contributed by atoms with E-state index in [-0.39, 0.29) is 6.04 Å². The van der Waals surface area contributed by atoms with Gasteiger partial charge in [-0.05, 0) is 38.0 Å². The van der Waals surface area contributed by atoms with Crippen LogP contribution < -0.4 is 5.32 Å². The zero-order chi connectivity index (χ0) is 14.7. The summed E-state index contributed by atoms with van der Waals surface area (Å²) in [6.45, 7) is 6.57. The average molecular weight is 313 g/mol. The van der Waals surface area contributed by atoms with Crippen molar-refractivity contribution in [2.75, 3.05) is 0 Å². The SMILES string of the molecule is CCC(NCc1nc(C)c(C)o1)c1ccc(Cl)c(Cl)c1. The topological polar surface area (TPSA) is 38.1 Å². The number of nitrogens with one attached hydrogen (secondary N) is 1. The molecule has 1 atom stereocenters. The summed E-state index contributed by atoms with van der Waals surface area (Å²) in [5.74, 6) is 1.57. The Kier molecular flexibility index (Phi) is 5.08. The van der Waals surface area contributed by atoms with Crippen LogP contribution in [0.3, 0.4) is 0 Å². The van der Waals surface area contributed by atoms with Gasteiger partial charge in [0, 0.05) is 6.04 Å². The Morgan fingerprint density at radius 3 is 2.55 bits per heavy atom. The molecule has 2 aromatic rings. The summed E-state index contributed by atoms with van der Waals surface area (Å²) in [6.07, 6.45) is 0.941. The van der Waals surface area contributed by atoms with Crippen molar-refractivity contribution < 1.29 is 4.42 Å². The first-order chi connectivity index (χ1) is 9.51. The molecule has 1 aromatic carbocycles. The van der Waals surface area contributed by atoms with Crippen molar-refractivity contribution in [2.24, 2.45) is 0 Å². The lowest BCUT2D eigenvalue weighted by atomic mass is 10.0. The van der Waals surface area contributed by atoms with Crippen LogP contribution in [0.5, 0.6) is 0 Å². The molecular formula is C15H18Cl2N2O. The summed E-state index contributed by atoms with van der Waals surface area (Å²) >= 11 is 12.0. The van der Waals surface area contributed by atoms with Gasteiger partial charge >= 0.3 is 0 Å². The van der Waals surface area contributed by atoms with Gasteiger partial charge in [-0.15, -0.1) is 0 Å². The molecule has 1 unspecified atom stereocenters. The summed E-state index contributed by atoms with van der Waals surface area (Å²) in [5.41, 5.74) is 2.05. The van der Waals surface area contributed by atoms with Gasteiger partial charge in [-0.25, -0.2) is 4.98 Å². The van der Waals surface area contributed by atoms with Gasteiger partial charge in [0.15, 0.2) is 0 Å². The van der Waals surface area contributed by atoms with Gasteiger partial charge < -0.3 is 9.73 Å². The molecule has 0 aliphatic carbocycles. The monoisotopic (exact) mass is 312 g/mol. The first kappa shape index (κ1) is 15.4. The van der Waals surface area contributed by atoms with Crippen LogP contribution in [0.15, 0.2) is 22.6 Å². The van der Waals surface area contributed by atoms with Crippen molar-refractivity contribution in [2.45, 2.75) is 39.8 Å². The Bertz CT molecular complexity index is 576. The van der Waals surface area contributed by atoms with Gasteiger partial charge in [0.2, 0.25) is 5.89 Å². The maximum Gasteiger partial charge on any atom is 0.208 e. The minimum Gasteiger partial charge on any atom is -0.444 e. The smallest absolute Gasteiger partial charge is 0.208 e. The third kappa shape index (κ3) is 3.54. The largest absolute Gasteiger partial charge is 0.444 e. The maximum atomic E-state index is 6.07. The number of aryl methyl sites for hydroxylation is 2. The standard InChI is InChI=1S/C15H18Cl2N2O/c1-4-14(11-5-6-12(16)13(17)7-11)18-8-15-19-9(2)10(3)20-15/h5-7,14,18H,4,8H2,1-3H3. The number of benzene rings is 1. The second-order valence-corrected chi connectivity index (χ2v) is 5.58. The van der Waals surface area contributed by atoms with E-state index in [1.54, 1.807) is 0 Å². The second kappa shape index (κ2) is 6.61. The van der Waals surface area contributed by atoms with Crippen molar-refractivity contribution >= 4 is 23.2 Å². The van der Waals surface area contributed by atoms with E-state index < -0.39 is 0 Å². The summed E-state index contributed by atoms with van der Waals surface area (Å²) in [5, 5.41) is 4.58. The number of halogens is 2. The number of aromatic nitrogens is 1. The zero-order valence-electron chi connectivity index (χ0n) is 11.8. The van der Waals surface area contributed by atoms with Gasteiger partial charge in [-0.1, -0.05) is 36.2 Å². The van der Waals surface area contributed by atoms with Crippen LogP contribution in [0.25, 0.3) is 0 Å². The van der Waals surface area contributed by atoms with Crippen LogP contribution in [0.2, 0.25) is 10.0 Å². The van der Waals surface area contributed by atoms with Crippen LogP contribution in [-0.2, 0) is 6.54 Å². The van der Waals surface area contributed by atoms with Crippen molar-refractivity contribution in [3.63, 3.8) is 0 Å². The fourth-order valence-electron chi connectivity index (χ4n) is 2.05. The molecular weight excluding hydrogens is 295 g/mol. The highest BCUT2D eigenvalue weighted by molar-refractivity contribution is 6.42. The Morgan fingerprint density at radius 1 is 1.25 bits per heavy atom. The van der Waals surface area contributed by atoms with E-state index in [0.29, 0.717) is 22.5 Å². The number of hydrogen-bond acceptors (Lipinski definition) is 3. The minimum absolute atomic E-state index is 0.192. The molecule has 5 heteroatoms. The van der Waals surface area contributed by atoms with E-state index in [2.05, 4.69) is 17.2 Å². The molecule has 20 heavy (non-hydrogen) atoms. The van der Waals surface area contributed by atoms with Gasteiger partial charge in [0.1, 0.15) is 5.76 Å². The lowest BCUT2D eigenvalue weighted by Crippen LogP contribution is -2.20. The fourth-order valence-corrected chi connectivity index (χ4v) is 2.36. The Morgan fingerprint density at radius 2 is 2.00 bits per heavy atom. The molecule has 1 heterocycles. The third-order valence-electron chi connectivity index (χ3n) is 3.33. The molecule has 0 radical (unpaired) electrons. The van der Waals surface area contributed by atoms with E-state index in [1.165, 1.54) is 0 Å². The van der Waals surface area contributed by atoms with Gasteiger partial charge in [-0.2, -0.15) is 0 Å². The van der Waals surface area contributed by atoms with Gasteiger partial charge in [0.25, 0.3) is 0 Å². The molecule has 0 amide bonds. The van der Waals surface area contributed by atoms with E-state index in [1.807, 2.05) is 32.0 Å². The second-order valence-electron chi connectivity index (χ2n) is 4.76. The van der Waals surface area contributed by atoms with E-state index >= 15 is 0 Å². The molecule has 108 valence electrons. The van der Waals surface area contributed by atoms with Crippen molar-refractivity contribution in [3.05, 3.63) is 51.2 Å². The number of oxazole rings is 1. The van der Waals surface area contributed by atoms with E-state index in [0.717, 1.165) is 23.4 Å². The highest BCUT2D eigenvalue weighted by atomic mass is 35.5. The molecule has 1 aromatic heterocycles. The normalized spacial score (nSPS) is 12.7. The fraction of sp³-hybridized carbons (Fsp3) is 0.400. The molecule has 2 rings (SSSR count). The summed E-state index contributed by atoms with van der Waals surface area (Å²) in [6, 6.07) is 5.90. The molecule has 0 aliphatic rings. The highest BCUT2D eigenvalue weighted by Crippen LogP contribution is 2.27. The molecule has 0 saturated carbocycles. The summed E-state index contributed by atoms with van der Waals surface area (Å²) in [4.78, 5) is 4.37. The maximum absolute atomic E-state index is 6.07. The number of hydrogen-bond donors (Lipinski definition) is 1. The quantitative estimate of drug-likeness (QED) is 0.858. The van der Waals surface area contributed by atoms with Crippen LogP contribution in [0, 0.1) is 13.8 Å². The van der Waals surface area contributed by atoms with E-state index in [4.69, 9.17) is 27.6 Å². The molecule has 0 fully saturated rings. The molecule has 1 N–H and O–H groups in total. The first-order valence-electron chi connectivity index (χ1n) is 6.62. The average Bonchev–Trinajstić information content (AvgIpc) is 2.73. The Balaban J connectivity index is 2.06. The van der Waals surface area contributed by atoms with E-state index in [9.17, 15) is 0 Å². The van der Waals surface area contributed by atoms with Gasteiger partial charge in [-0.3, -0.25) is 0 Å². The number of nitrogens with zero attached hydrogens (tertiary/aromatic N) is 1. The number of rotatable bonds is 5. The highest BCUT2D eigenvalue weighted by Gasteiger charge is 2.12. The van der Waals surface area contributed by atoms with Crippen molar-refractivity contribution in [1.29, 1.82) is 0 Å². The van der Waals surface area contributed by atoms with Crippen molar-refractivity contribution in [1.82, 2.24) is 10.3 Å². The lowest BCUT2D eigenvalue weighted by molar-refractivity contribution is 0.420. The summed E-state index contributed by atoms with van der Waals surface area (Å²) in [7, 11) is 0. The predicted octanol–water partition coefficient (Wildman–Crippen LogP) is 4.84. The molecule has 0 aliphatic heterocycles. The van der Waals surface area contributed by atoms with Crippen LogP contribution in [-0.4, -0.2) is 4.98 Å². The van der Waals surface area contributed by atoms with Gasteiger partial charge in [0.05, 0.1) is 22.3 Å². The van der Waals surface area contributed by atoms with Crippen molar-refractivity contribution in [3.8, 4) is 0 Å². The zero-order valence-corrected chi connectivity index (χ0v) is 13.3. The van der Waals surface area contributed by atoms with Crippen LogP contribution in [0.4, 0.5) is 0 Å².